The molecular formula is C40H50N6O6S. The van der Waals surface area contributed by atoms with E-state index in [9.17, 15) is 19.2 Å². The number of methoxy groups -OCH3 is 2. The van der Waals surface area contributed by atoms with E-state index in [0.29, 0.717) is 59.6 Å². The van der Waals surface area contributed by atoms with Gasteiger partial charge in [0.1, 0.15) is 0 Å². The van der Waals surface area contributed by atoms with Crippen LogP contribution in [0.5, 0.6) is 0 Å². The summed E-state index contributed by atoms with van der Waals surface area (Å²) in [6, 6.07) is 0. The van der Waals surface area contributed by atoms with Crippen molar-refractivity contribution in [3.05, 3.63) is 67.8 Å². The highest BCUT2D eigenvalue weighted by molar-refractivity contribution is 7.78. The van der Waals surface area contributed by atoms with Gasteiger partial charge in [-0.25, -0.2) is 4.99 Å². The van der Waals surface area contributed by atoms with Gasteiger partial charge in [0, 0.05) is 81.9 Å². The molecule has 1 amide bonds. The van der Waals surface area contributed by atoms with E-state index in [-0.39, 0.29) is 54.2 Å². The summed E-state index contributed by atoms with van der Waals surface area (Å²) in [4.78, 5) is 64.1. The van der Waals surface area contributed by atoms with Crippen LogP contribution in [-0.2, 0) is 19.1 Å². The molecule has 12 nitrogen and oxygen atoms in total. The van der Waals surface area contributed by atoms with Crippen LogP contribution < -0.4 is 16.0 Å². The second-order valence-electron chi connectivity index (χ2n) is 14.0. The van der Waals surface area contributed by atoms with Crippen LogP contribution in [0.3, 0.4) is 0 Å². The highest BCUT2D eigenvalue weighted by atomic mass is 32.1. The van der Waals surface area contributed by atoms with Crippen LogP contribution in [0, 0.1) is 37.5 Å². The van der Waals surface area contributed by atoms with E-state index in [4.69, 9.17) is 21.7 Å². The number of hydrogen-bond donors (Lipinski definition) is 5. The molecule has 0 unspecified atom stereocenters. The van der Waals surface area contributed by atoms with Crippen molar-refractivity contribution in [3.63, 3.8) is 0 Å². The maximum atomic E-state index is 14.2. The predicted molar refractivity (Wildman–Crippen MR) is 209 cm³/mol. The number of nitrogens with one attached hydrogen (secondary N) is 5. The minimum absolute atomic E-state index is 0.0440. The summed E-state index contributed by atoms with van der Waals surface area (Å²) >= 11 is 4.69. The SMILES string of the molecule is CC[C@H]1C2=Cc3[nH]c(c(C(=O)NCCCN=C=S)c3C)C(CC(=O)OC)=C3NC(=Cc4[nH]c(c(C(C)=O)c4C)C=C(N2)[C@@H]1C)[C@@H](C)[C@@H]3CCC(=O)OC. The Morgan fingerprint density at radius 1 is 0.868 bits per heavy atom. The van der Waals surface area contributed by atoms with Crippen molar-refractivity contribution in [2.75, 3.05) is 27.3 Å². The lowest BCUT2D eigenvalue weighted by molar-refractivity contribution is -0.141. The smallest absolute Gasteiger partial charge is 0.310 e. The topological polar surface area (TPSA) is 167 Å². The van der Waals surface area contributed by atoms with Gasteiger partial charge in [-0.05, 0) is 81.6 Å². The van der Waals surface area contributed by atoms with Gasteiger partial charge in [-0.3, -0.25) is 19.2 Å². The summed E-state index contributed by atoms with van der Waals surface area (Å²) < 4.78 is 10.2. The fraction of sp³-hybridized carbons (Fsp3) is 0.475. The monoisotopic (exact) mass is 742 g/mol. The van der Waals surface area contributed by atoms with E-state index in [2.05, 4.69) is 56.8 Å². The Kier molecular flexibility index (Phi) is 12.4. The van der Waals surface area contributed by atoms with Crippen molar-refractivity contribution in [2.24, 2.45) is 28.7 Å². The zero-order chi connectivity index (χ0) is 38.6. The number of esters is 2. The number of aliphatic imine (C=N–C) groups is 1. The summed E-state index contributed by atoms with van der Waals surface area (Å²) in [7, 11) is 2.69. The number of isothiocyanates is 1. The van der Waals surface area contributed by atoms with Crippen LogP contribution in [-0.4, -0.2) is 66.1 Å². The number of thiocarbonyl (C=S) groups is 1. The lowest BCUT2D eigenvalue weighted by atomic mass is 9.85. The van der Waals surface area contributed by atoms with Gasteiger partial charge in [0.25, 0.3) is 5.91 Å². The Hall–Kier alpha value is -5.00. The van der Waals surface area contributed by atoms with Gasteiger partial charge in [0.2, 0.25) is 0 Å². The third-order valence-electron chi connectivity index (χ3n) is 10.9. The molecule has 0 aliphatic carbocycles. The number of carbonyl (C=O) groups is 4. The molecule has 5 heterocycles. The fourth-order valence-corrected chi connectivity index (χ4v) is 8.01. The predicted octanol–water partition coefficient (Wildman–Crippen LogP) is 6.47. The average Bonchev–Trinajstić information content (AvgIpc) is 3.82. The number of H-pyrrole nitrogens is 2. The molecule has 8 bridgehead atoms. The van der Waals surface area contributed by atoms with Gasteiger partial charge >= 0.3 is 11.9 Å². The second kappa shape index (κ2) is 16.8. The number of rotatable bonds is 12. The Labute approximate surface area is 316 Å². The summed E-state index contributed by atoms with van der Waals surface area (Å²) in [5, 5.41) is 12.7. The number of nitrogens with zero attached hydrogens (tertiary/aromatic N) is 1. The number of allylic oxidation sites excluding steroid dienone is 4. The van der Waals surface area contributed by atoms with Gasteiger partial charge < -0.3 is 35.4 Å². The van der Waals surface area contributed by atoms with Crippen molar-refractivity contribution in [2.45, 2.75) is 73.6 Å². The first kappa shape index (κ1) is 39.2. The summed E-state index contributed by atoms with van der Waals surface area (Å²) in [5.41, 5.74) is 9.32. The number of fused-ring (bicyclic) bond motifs is 8. The molecule has 3 aliphatic heterocycles. The van der Waals surface area contributed by atoms with Gasteiger partial charge in [-0.2, -0.15) is 0 Å². The van der Waals surface area contributed by atoms with Crippen molar-refractivity contribution in [3.8, 4) is 0 Å². The zero-order valence-electron chi connectivity index (χ0n) is 31.8. The Morgan fingerprint density at radius 2 is 1.49 bits per heavy atom. The quantitative estimate of drug-likeness (QED) is 0.0539. The molecule has 5 rings (SSSR count). The molecule has 4 atom stereocenters. The minimum atomic E-state index is -0.486. The largest absolute Gasteiger partial charge is 0.469 e. The molecule has 3 aliphatic rings. The van der Waals surface area contributed by atoms with Crippen molar-refractivity contribution >= 4 is 64.8 Å². The number of aromatic amines is 2. The van der Waals surface area contributed by atoms with Crippen LogP contribution in [0.4, 0.5) is 0 Å². The molecule has 5 N–H and O–H groups in total. The van der Waals surface area contributed by atoms with E-state index in [1.54, 1.807) is 6.92 Å². The normalized spacial score (nSPS) is 20.3. The molecule has 2 aromatic rings. The Bertz CT molecular complexity index is 1990. The first-order valence-electron chi connectivity index (χ1n) is 18.2. The van der Waals surface area contributed by atoms with Gasteiger partial charge in [-0.1, -0.05) is 20.8 Å². The molecule has 0 spiro atoms. The molecule has 0 aromatic carbocycles. The number of aromatic nitrogens is 2. The van der Waals surface area contributed by atoms with Crippen LogP contribution >= 0.6 is 12.2 Å². The highest BCUT2D eigenvalue weighted by Crippen LogP contribution is 2.44. The highest BCUT2D eigenvalue weighted by Gasteiger charge is 2.38. The van der Waals surface area contributed by atoms with Crippen molar-refractivity contribution < 1.29 is 28.7 Å². The molecule has 282 valence electrons. The standard InChI is InChI=1S/C40H50N6O6S/c1-9-25-20(2)28-18-33-36(24(6)47)22(4)30(44-33)16-29-21(3)26(11-12-34(48)51-7)38(45-29)27(15-35(49)52-8)39-37(40(50)42-14-10-13-41-19-53)23(5)31(46-39)17-32(25)43-28/h16-18,20-21,25-26,43-46H,9-15H2,1-8H3,(H,42,50)/t20-,21+,25-,26+/m1/s1. The third-order valence-corrected chi connectivity index (χ3v) is 11.0. The van der Waals surface area contributed by atoms with Crippen LogP contribution in [0.15, 0.2) is 27.8 Å². The molecule has 13 heteroatoms. The van der Waals surface area contributed by atoms with Crippen molar-refractivity contribution in [1.82, 2.24) is 25.9 Å². The lowest BCUT2D eigenvalue weighted by Crippen LogP contribution is -2.26. The number of ether oxygens (including phenoxy) is 2. The second-order valence-corrected chi connectivity index (χ2v) is 14.2. The first-order chi connectivity index (χ1) is 25.3. The maximum Gasteiger partial charge on any atom is 0.310 e. The van der Waals surface area contributed by atoms with Gasteiger partial charge in [0.15, 0.2) is 5.78 Å². The summed E-state index contributed by atoms with van der Waals surface area (Å²) in [6.07, 6.45) is 7.92. The minimum Gasteiger partial charge on any atom is -0.469 e. The molecular weight excluding hydrogens is 693 g/mol. The number of ketones is 1. The van der Waals surface area contributed by atoms with Gasteiger partial charge in [0.05, 0.1) is 49.3 Å². The number of Topliss-reactive ketones (excluding diaryl/α,β-unsaturated/α-hetero) is 1. The van der Waals surface area contributed by atoms with Crippen molar-refractivity contribution in [1.29, 1.82) is 0 Å². The lowest BCUT2D eigenvalue weighted by Gasteiger charge is -2.19. The maximum absolute atomic E-state index is 14.2. The third kappa shape index (κ3) is 8.01. The zero-order valence-corrected chi connectivity index (χ0v) is 32.6. The average molecular weight is 743 g/mol. The van der Waals surface area contributed by atoms with Crippen LogP contribution in [0.2, 0.25) is 0 Å². The molecule has 2 fully saturated rings. The van der Waals surface area contributed by atoms with E-state index in [1.165, 1.54) is 14.2 Å². The first-order valence-corrected chi connectivity index (χ1v) is 18.6. The van der Waals surface area contributed by atoms with Crippen LogP contribution in [0.1, 0.15) is 114 Å². The Morgan fingerprint density at radius 3 is 2.15 bits per heavy atom. The van der Waals surface area contributed by atoms with Gasteiger partial charge in [-0.15, -0.1) is 0 Å². The van der Waals surface area contributed by atoms with Crippen LogP contribution in [0.25, 0.3) is 23.8 Å². The summed E-state index contributed by atoms with van der Waals surface area (Å²) in [6.45, 7) is 12.6. The molecule has 2 aromatic heterocycles. The molecule has 2 saturated heterocycles. The van der Waals surface area contributed by atoms with E-state index in [1.807, 2.05) is 32.1 Å². The summed E-state index contributed by atoms with van der Waals surface area (Å²) in [5.74, 6) is -1.35. The van der Waals surface area contributed by atoms with E-state index < -0.39 is 5.97 Å². The molecule has 53 heavy (non-hydrogen) atoms. The van der Waals surface area contributed by atoms with E-state index in [0.717, 1.165) is 46.2 Å². The number of hydrogen-bond acceptors (Lipinski definition) is 10. The van der Waals surface area contributed by atoms with E-state index >= 15 is 0 Å². The molecule has 0 saturated carbocycles. The number of carbonyl (C=O) groups excluding carboxylic acids is 4. The fourth-order valence-electron chi connectivity index (χ4n) is 7.92. The molecule has 0 radical (unpaired) electrons. The number of amides is 1. The Balaban J connectivity index is 1.83.